The summed E-state index contributed by atoms with van der Waals surface area (Å²) in [4.78, 5) is 13.7. The van der Waals surface area contributed by atoms with Crippen molar-refractivity contribution in [3.63, 3.8) is 0 Å². The maximum atomic E-state index is 12.9. The number of rotatable bonds is 4. The molecule has 2 heterocycles. The maximum absolute atomic E-state index is 12.9. The second kappa shape index (κ2) is 5.71. The van der Waals surface area contributed by atoms with Crippen LogP contribution in [0.1, 0.15) is 9.67 Å². The Hall–Kier alpha value is -2.12. The lowest BCUT2D eigenvalue weighted by Crippen LogP contribution is -2.12. The molecule has 0 unspecified atom stereocenters. The summed E-state index contributed by atoms with van der Waals surface area (Å²) in [6.07, 6.45) is 0. The van der Waals surface area contributed by atoms with E-state index in [-0.39, 0.29) is 18.1 Å². The summed E-state index contributed by atoms with van der Waals surface area (Å²) >= 11 is 6.99. The van der Waals surface area contributed by atoms with Gasteiger partial charge in [0.2, 0.25) is 5.82 Å². The van der Waals surface area contributed by atoms with Crippen molar-refractivity contribution in [2.45, 2.75) is 6.54 Å². The van der Waals surface area contributed by atoms with Crippen LogP contribution in [0.4, 0.5) is 4.39 Å². The smallest absolute Gasteiger partial charge is 0.204 e. The van der Waals surface area contributed by atoms with Crippen molar-refractivity contribution in [2.75, 3.05) is 0 Å². The van der Waals surface area contributed by atoms with Crippen LogP contribution < -0.4 is 0 Å². The largest absolute Gasteiger partial charge is 0.291 e. The summed E-state index contributed by atoms with van der Waals surface area (Å²) in [5.74, 6) is -0.141. The highest BCUT2D eigenvalue weighted by molar-refractivity contribution is 7.18. The number of carbonyl (C=O) groups is 1. The fourth-order valence-electron chi connectivity index (χ4n) is 1.70. The van der Waals surface area contributed by atoms with Gasteiger partial charge in [0, 0.05) is 5.56 Å². The van der Waals surface area contributed by atoms with Gasteiger partial charge in [0.1, 0.15) is 12.4 Å². The molecule has 2 aromatic heterocycles. The lowest BCUT2D eigenvalue weighted by Gasteiger charge is -1.96. The molecule has 3 aromatic rings. The van der Waals surface area contributed by atoms with Crippen molar-refractivity contribution in [3.05, 3.63) is 51.4 Å². The zero-order valence-corrected chi connectivity index (χ0v) is 12.1. The molecule has 1 aromatic carbocycles. The first kappa shape index (κ1) is 13.8. The SMILES string of the molecule is O=C(Cn1nnc(-c2ccc(F)cc2)n1)c1ccc(Cl)s1. The molecule has 0 N–H and O–H groups in total. The molecule has 3 rings (SSSR count). The minimum Gasteiger partial charge on any atom is -0.291 e. The normalized spacial score (nSPS) is 10.8. The van der Waals surface area contributed by atoms with Gasteiger partial charge in [-0.25, -0.2) is 4.39 Å². The standard InChI is InChI=1S/C13H8ClFN4OS/c14-12-6-5-11(21-12)10(20)7-19-17-13(16-18-19)8-1-3-9(15)4-2-8/h1-6H,7H2. The van der Waals surface area contributed by atoms with E-state index in [0.29, 0.717) is 20.6 Å². The average Bonchev–Trinajstić information content (AvgIpc) is 3.09. The molecular weight excluding hydrogens is 315 g/mol. The monoisotopic (exact) mass is 322 g/mol. The highest BCUT2D eigenvalue weighted by Crippen LogP contribution is 2.22. The van der Waals surface area contributed by atoms with Crippen molar-refractivity contribution < 1.29 is 9.18 Å². The molecule has 0 spiro atoms. The minimum atomic E-state index is -0.337. The number of benzene rings is 1. The van der Waals surface area contributed by atoms with E-state index in [1.165, 1.54) is 28.3 Å². The summed E-state index contributed by atoms with van der Waals surface area (Å²) in [6.45, 7) is -0.0228. The Morgan fingerprint density at radius 3 is 2.67 bits per heavy atom. The number of hydrogen-bond acceptors (Lipinski definition) is 5. The molecule has 21 heavy (non-hydrogen) atoms. The van der Waals surface area contributed by atoms with Gasteiger partial charge in [0.15, 0.2) is 5.78 Å². The van der Waals surface area contributed by atoms with Crippen LogP contribution >= 0.6 is 22.9 Å². The quantitative estimate of drug-likeness (QED) is 0.693. The first-order valence-corrected chi connectivity index (χ1v) is 7.13. The highest BCUT2D eigenvalue weighted by atomic mass is 35.5. The van der Waals surface area contributed by atoms with Gasteiger partial charge < -0.3 is 0 Å². The van der Waals surface area contributed by atoms with Gasteiger partial charge in [0.05, 0.1) is 9.21 Å². The number of aromatic nitrogens is 4. The second-order valence-corrected chi connectivity index (χ2v) is 5.89. The third-order valence-corrected chi connectivity index (χ3v) is 3.96. The molecular formula is C13H8ClFN4OS. The molecule has 0 bridgehead atoms. The fourth-order valence-corrected chi connectivity index (χ4v) is 2.67. The number of nitrogens with zero attached hydrogens (tertiary/aromatic N) is 4. The van der Waals surface area contributed by atoms with Gasteiger partial charge >= 0.3 is 0 Å². The van der Waals surface area contributed by atoms with E-state index in [2.05, 4.69) is 15.4 Å². The van der Waals surface area contributed by atoms with Crippen molar-refractivity contribution >= 4 is 28.7 Å². The van der Waals surface area contributed by atoms with Crippen LogP contribution in [0, 0.1) is 5.82 Å². The molecule has 0 fully saturated rings. The van der Waals surface area contributed by atoms with Crippen molar-refractivity contribution in [1.82, 2.24) is 20.2 Å². The Morgan fingerprint density at radius 1 is 1.24 bits per heavy atom. The number of carbonyl (C=O) groups excluding carboxylic acids is 1. The van der Waals surface area contributed by atoms with E-state index in [9.17, 15) is 9.18 Å². The molecule has 0 aliphatic rings. The number of hydrogen-bond donors (Lipinski definition) is 0. The predicted molar refractivity (Wildman–Crippen MR) is 76.9 cm³/mol. The molecule has 106 valence electrons. The third-order valence-electron chi connectivity index (χ3n) is 2.69. The lowest BCUT2D eigenvalue weighted by molar-refractivity contribution is 0.0965. The number of thiophene rings is 1. The molecule has 0 saturated heterocycles. The molecule has 0 atom stereocenters. The predicted octanol–water partition coefficient (Wildman–Crippen LogP) is 3.08. The molecule has 8 heteroatoms. The van der Waals surface area contributed by atoms with Gasteiger partial charge in [-0.3, -0.25) is 4.79 Å². The van der Waals surface area contributed by atoms with Gasteiger partial charge in [0.25, 0.3) is 0 Å². The topological polar surface area (TPSA) is 60.7 Å². The average molecular weight is 323 g/mol. The van der Waals surface area contributed by atoms with E-state index in [1.54, 1.807) is 24.3 Å². The Morgan fingerprint density at radius 2 is 2.00 bits per heavy atom. The summed E-state index contributed by atoms with van der Waals surface area (Å²) in [7, 11) is 0. The number of tetrazole rings is 1. The van der Waals surface area contributed by atoms with Gasteiger partial charge in [-0.1, -0.05) is 11.6 Å². The van der Waals surface area contributed by atoms with Crippen LogP contribution in [0.5, 0.6) is 0 Å². The summed E-state index contributed by atoms with van der Waals surface area (Å²) < 4.78 is 13.4. The van der Waals surface area contributed by atoms with Gasteiger partial charge in [-0.2, -0.15) is 4.80 Å². The minimum absolute atomic E-state index is 0.0228. The molecule has 5 nitrogen and oxygen atoms in total. The maximum Gasteiger partial charge on any atom is 0.204 e. The molecule has 0 aliphatic heterocycles. The highest BCUT2D eigenvalue weighted by Gasteiger charge is 2.13. The Balaban J connectivity index is 1.76. The zero-order chi connectivity index (χ0) is 14.8. The van der Waals surface area contributed by atoms with Crippen LogP contribution in [0.2, 0.25) is 4.34 Å². The van der Waals surface area contributed by atoms with Crippen LogP contribution in [0.3, 0.4) is 0 Å². The Labute approximate surface area is 128 Å². The van der Waals surface area contributed by atoms with E-state index >= 15 is 0 Å². The molecule has 0 saturated carbocycles. The van der Waals surface area contributed by atoms with E-state index in [0.717, 1.165) is 0 Å². The summed E-state index contributed by atoms with van der Waals surface area (Å²) in [5, 5.41) is 11.8. The first-order valence-electron chi connectivity index (χ1n) is 5.94. The molecule has 0 amide bonds. The van der Waals surface area contributed by atoms with E-state index in [1.807, 2.05) is 0 Å². The number of ketones is 1. The van der Waals surface area contributed by atoms with Crippen LogP contribution in [-0.4, -0.2) is 26.0 Å². The summed E-state index contributed by atoms with van der Waals surface area (Å²) in [6, 6.07) is 9.06. The lowest BCUT2D eigenvalue weighted by atomic mass is 10.2. The van der Waals surface area contributed by atoms with E-state index < -0.39 is 0 Å². The Bertz CT molecular complexity index is 784. The van der Waals surface area contributed by atoms with Crippen LogP contribution in [0.15, 0.2) is 36.4 Å². The van der Waals surface area contributed by atoms with E-state index in [4.69, 9.17) is 11.6 Å². The number of halogens is 2. The van der Waals surface area contributed by atoms with Gasteiger partial charge in [-0.05, 0) is 41.6 Å². The third kappa shape index (κ3) is 3.14. The fraction of sp³-hybridized carbons (Fsp3) is 0.0769. The van der Waals surface area contributed by atoms with Crippen molar-refractivity contribution in [3.8, 4) is 11.4 Å². The first-order chi connectivity index (χ1) is 10.1. The zero-order valence-electron chi connectivity index (χ0n) is 10.5. The van der Waals surface area contributed by atoms with Crippen molar-refractivity contribution in [2.24, 2.45) is 0 Å². The van der Waals surface area contributed by atoms with Gasteiger partial charge in [-0.15, -0.1) is 21.5 Å². The van der Waals surface area contributed by atoms with Crippen LogP contribution in [0.25, 0.3) is 11.4 Å². The molecule has 0 aliphatic carbocycles. The molecule has 0 radical (unpaired) electrons. The Kier molecular flexibility index (Phi) is 3.76. The number of Topliss-reactive ketones (excluding diaryl/α,β-unsaturated/α-hetero) is 1. The summed E-state index contributed by atoms with van der Waals surface area (Å²) in [5.41, 5.74) is 0.634. The second-order valence-electron chi connectivity index (χ2n) is 4.18. The van der Waals surface area contributed by atoms with Crippen LogP contribution in [-0.2, 0) is 6.54 Å². The van der Waals surface area contributed by atoms with Crippen molar-refractivity contribution in [1.29, 1.82) is 0 Å².